The van der Waals surface area contributed by atoms with Gasteiger partial charge < -0.3 is 33.8 Å². The predicted molar refractivity (Wildman–Crippen MR) is 159 cm³/mol. The van der Waals surface area contributed by atoms with Crippen LogP contribution in [-0.2, 0) is 10.3 Å². The van der Waals surface area contributed by atoms with E-state index >= 15 is 0 Å². The number of morpholine rings is 1. The molecule has 2 N–H and O–H groups in total. The lowest BCUT2D eigenvalue weighted by Crippen LogP contribution is -2.38. The van der Waals surface area contributed by atoms with E-state index in [9.17, 15) is 0 Å². The normalized spacial score (nSPS) is 24.7. The molecule has 0 bridgehead atoms. The summed E-state index contributed by atoms with van der Waals surface area (Å²) in [4.78, 5) is 2.35. The topological polar surface area (TPSA) is 114 Å². The molecule has 10 heteroatoms. The van der Waals surface area contributed by atoms with E-state index in [0.29, 0.717) is 24.7 Å². The summed E-state index contributed by atoms with van der Waals surface area (Å²) in [5, 5.41) is 8.36. The van der Waals surface area contributed by atoms with Gasteiger partial charge in [-0.2, -0.15) is 0 Å². The Morgan fingerprint density at radius 3 is 2.44 bits per heavy atom. The lowest BCUT2D eigenvalue weighted by molar-refractivity contribution is 0.0322. The average molecular weight is 585 g/mol. The van der Waals surface area contributed by atoms with Gasteiger partial charge in [0.05, 0.1) is 27.4 Å². The van der Waals surface area contributed by atoms with Crippen LogP contribution in [0.25, 0.3) is 0 Å². The summed E-state index contributed by atoms with van der Waals surface area (Å²) in [6.45, 7) is 4.74. The van der Waals surface area contributed by atoms with E-state index in [-0.39, 0.29) is 23.8 Å². The van der Waals surface area contributed by atoms with Crippen molar-refractivity contribution >= 4 is 6.01 Å². The van der Waals surface area contributed by atoms with E-state index in [1.54, 1.807) is 14.2 Å². The average Bonchev–Trinajstić information content (AvgIpc) is 3.72. The van der Waals surface area contributed by atoms with E-state index < -0.39 is 5.60 Å². The lowest BCUT2D eigenvalue weighted by atomic mass is 9.73. The zero-order valence-electron chi connectivity index (χ0n) is 24.4. The fourth-order valence-electron chi connectivity index (χ4n) is 7.18. The molecule has 7 rings (SSSR count). The van der Waals surface area contributed by atoms with Crippen molar-refractivity contribution in [2.24, 2.45) is 0 Å². The molecule has 4 atom stereocenters. The van der Waals surface area contributed by atoms with Crippen LogP contribution in [0.4, 0.5) is 6.01 Å². The van der Waals surface area contributed by atoms with Gasteiger partial charge in [-0.1, -0.05) is 47.6 Å². The molecule has 10 nitrogen and oxygen atoms in total. The van der Waals surface area contributed by atoms with Gasteiger partial charge in [0, 0.05) is 55.1 Å². The SMILES string of the molecule is COc1ccc([C@@]23Oc4cc(OCCN5CCOCC5)cc(OC)c4[C@@H]2C[C@@H](c2nnc(N)o2)[C@H]3c2ccccc2)cc1. The first-order chi connectivity index (χ1) is 21.1. The fourth-order valence-corrected chi connectivity index (χ4v) is 7.18. The molecule has 0 amide bonds. The van der Waals surface area contributed by atoms with Gasteiger partial charge in [-0.25, -0.2) is 0 Å². The Balaban J connectivity index is 1.32. The van der Waals surface area contributed by atoms with Crippen molar-refractivity contribution in [2.75, 3.05) is 59.4 Å². The number of hydrogen-bond donors (Lipinski definition) is 1. The molecule has 0 radical (unpaired) electrons. The number of aromatic nitrogens is 2. The van der Waals surface area contributed by atoms with Crippen LogP contribution >= 0.6 is 0 Å². The van der Waals surface area contributed by atoms with Crippen LogP contribution in [-0.4, -0.2) is 68.8 Å². The van der Waals surface area contributed by atoms with E-state index in [2.05, 4.69) is 39.4 Å². The standard InChI is InChI=1S/C33H36N4O6/c1-38-23-10-8-22(9-11-23)33-26(20-25(31-35-36-32(34)42-31)30(33)21-6-4-3-5-7-21)29-27(39-2)18-24(19-28(29)43-33)41-17-14-37-12-15-40-16-13-37/h3-11,18-19,25-26,30H,12-17,20H2,1-2H3,(H2,34,36)/t25-,26+,30-,33-/m1/s1. The second-order valence-electron chi connectivity index (χ2n) is 11.2. The van der Waals surface area contributed by atoms with Crippen molar-refractivity contribution in [3.05, 3.63) is 89.3 Å². The molecule has 3 aliphatic rings. The predicted octanol–water partition coefficient (Wildman–Crippen LogP) is 4.72. The number of rotatable bonds is 9. The molecule has 2 fully saturated rings. The number of anilines is 1. The Hall–Kier alpha value is -4.28. The maximum atomic E-state index is 7.23. The molecule has 224 valence electrons. The molecule has 1 aromatic heterocycles. The van der Waals surface area contributed by atoms with E-state index in [4.69, 9.17) is 33.8 Å². The Labute approximate surface area is 250 Å². The Morgan fingerprint density at radius 2 is 1.74 bits per heavy atom. The highest BCUT2D eigenvalue weighted by molar-refractivity contribution is 5.61. The van der Waals surface area contributed by atoms with Crippen LogP contribution in [0, 0.1) is 0 Å². The molecular weight excluding hydrogens is 548 g/mol. The van der Waals surface area contributed by atoms with Crippen LogP contribution < -0.4 is 24.7 Å². The zero-order chi connectivity index (χ0) is 29.4. The zero-order valence-corrected chi connectivity index (χ0v) is 24.4. The molecule has 0 unspecified atom stereocenters. The van der Waals surface area contributed by atoms with E-state index in [1.807, 2.05) is 42.5 Å². The number of ether oxygens (including phenoxy) is 5. The molecular formula is C33H36N4O6. The summed E-state index contributed by atoms with van der Waals surface area (Å²) < 4.78 is 36.4. The van der Waals surface area contributed by atoms with Gasteiger partial charge >= 0.3 is 6.01 Å². The first kappa shape index (κ1) is 27.5. The van der Waals surface area contributed by atoms with Gasteiger partial charge in [-0.15, -0.1) is 5.10 Å². The van der Waals surface area contributed by atoms with Crippen LogP contribution in [0.1, 0.15) is 46.8 Å². The highest BCUT2D eigenvalue weighted by atomic mass is 16.5. The summed E-state index contributed by atoms with van der Waals surface area (Å²) in [7, 11) is 3.36. The van der Waals surface area contributed by atoms with Gasteiger partial charge in [0.1, 0.15) is 35.2 Å². The third kappa shape index (κ3) is 4.84. The minimum absolute atomic E-state index is 0.0511. The molecule has 1 saturated carbocycles. The van der Waals surface area contributed by atoms with Crippen molar-refractivity contribution in [3.63, 3.8) is 0 Å². The molecule has 43 heavy (non-hydrogen) atoms. The number of nitrogen functional groups attached to an aromatic ring is 1. The summed E-state index contributed by atoms with van der Waals surface area (Å²) in [5.74, 6) is 3.07. The monoisotopic (exact) mass is 584 g/mol. The number of methoxy groups -OCH3 is 2. The fraction of sp³-hybridized carbons (Fsp3) is 0.394. The van der Waals surface area contributed by atoms with Crippen LogP contribution in [0.5, 0.6) is 23.0 Å². The maximum absolute atomic E-state index is 7.23. The van der Waals surface area contributed by atoms with Crippen molar-refractivity contribution < 1.29 is 28.1 Å². The van der Waals surface area contributed by atoms with Crippen LogP contribution in [0.15, 0.2) is 71.1 Å². The third-order valence-electron chi connectivity index (χ3n) is 9.05. The smallest absolute Gasteiger partial charge is 0.312 e. The molecule has 3 heterocycles. The highest BCUT2D eigenvalue weighted by Crippen LogP contribution is 2.70. The van der Waals surface area contributed by atoms with Crippen LogP contribution in [0.2, 0.25) is 0 Å². The van der Waals surface area contributed by atoms with Crippen molar-refractivity contribution in [1.82, 2.24) is 15.1 Å². The molecule has 3 aromatic carbocycles. The highest BCUT2D eigenvalue weighted by Gasteiger charge is 2.65. The number of nitrogens with zero attached hydrogens (tertiary/aromatic N) is 3. The first-order valence-electron chi connectivity index (χ1n) is 14.7. The van der Waals surface area contributed by atoms with Crippen LogP contribution in [0.3, 0.4) is 0 Å². The molecule has 2 aliphatic heterocycles. The number of hydrogen-bond acceptors (Lipinski definition) is 10. The summed E-state index contributed by atoms with van der Waals surface area (Å²) in [5.41, 5.74) is 8.26. The Morgan fingerprint density at radius 1 is 0.953 bits per heavy atom. The van der Waals surface area contributed by atoms with Gasteiger partial charge in [-0.05, 0) is 29.7 Å². The Kier molecular flexibility index (Phi) is 7.32. The molecule has 1 saturated heterocycles. The van der Waals surface area contributed by atoms with Gasteiger partial charge in [0.2, 0.25) is 5.89 Å². The number of benzene rings is 3. The van der Waals surface area contributed by atoms with Crippen molar-refractivity contribution in [3.8, 4) is 23.0 Å². The van der Waals surface area contributed by atoms with Crippen molar-refractivity contribution in [1.29, 1.82) is 0 Å². The van der Waals surface area contributed by atoms with Gasteiger partial charge in [0.25, 0.3) is 0 Å². The number of nitrogens with two attached hydrogens (primary N) is 1. The van der Waals surface area contributed by atoms with Gasteiger partial charge in [0.15, 0.2) is 0 Å². The summed E-state index contributed by atoms with van der Waals surface area (Å²) >= 11 is 0. The Bertz CT molecular complexity index is 1560. The number of fused-ring (bicyclic) bond motifs is 3. The van der Waals surface area contributed by atoms with E-state index in [1.165, 1.54) is 0 Å². The molecule has 4 aromatic rings. The second-order valence-corrected chi connectivity index (χ2v) is 11.2. The van der Waals surface area contributed by atoms with Crippen molar-refractivity contribution in [2.45, 2.75) is 29.8 Å². The molecule has 1 aliphatic carbocycles. The second kappa shape index (κ2) is 11.4. The molecule has 0 spiro atoms. The van der Waals surface area contributed by atoms with E-state index in [0.717, 1.165) is 66.8 Å². The summed E-state index contributed by atoms with van der Waals surface area (Å²) in [6, 6.07) is 22.5. The third-order valence-corrected chi connectivity index (χ3v) is 9.05. The quantitative estimate of drug-likeness (QED) is 0.296. The first-order valence-corrected chi connectivity index (χ1v) is 14.7. The van der Waals surface area contributed by atoms with Gasteiger partial charge in [-0.3, -0.25) is 4.90 Å². The largest absolute Gasteiger partial charge is 0.497 e. The maximum Gasteiger partial charge on any atom is 0.312 e. The lowest BCUT2D eigenvalue weighted by Gasteiger charge is -2.37. The minimum Gasteiger partial charge on any atom is -0.497 e. The summed E-state index contributed by atoms with van der Waals surface area (Å²) in [6.07, 6.45) is 0.688. The minimum atomic E-state index is -0.802.